The monoisotopic (exact) mass is 293 g/mol. The fourth-order valence-corrected chi connectivity index (χ4v) is 2.62. The number of carbonyl (C=O) groups excluding carboxylic acids is 1. The van der Waals surface area contributed by atoms with Gasteiger partial charge in [0.1, 0.15) is 11.9 Å². The predicted octanol–water partition coefficient (Wildman–Crippen LogP) is 2.21. The van der Waals surface area contributed by atoms with E-state index in [0.29, 0.717) is 18.8 Å². The molecule has 2 N–H and O–H groups in total. The van der Waals surface area contributed by atoms with Gasteiger partial charge < -0.3 is 15.5 Å². The lowest BCUT2D eigenvalue weighted by atomic mass is 10.1. The van der Waals surface area contributed by atoms with Crippen LogP contribution in [0, 0.1) is 5.82 Å². The molecule has 0 saturated carbocycles. The first-order valence-corrected chi connectivity index (χ1v) is 7.61. The second kappa shape index (κ2) is 6.89. The summed E-state index contributed by atoms with van der Waals surface area (Å²) in [5.74, 6) is -0.318. The average molecular weight is 293 g/mol. The molecular weight excluding hydrogens is 269 g/mol. The van der Waals surface area contributed by atoms with Crippen molar-refractivity contribution < 1.29 is 9.18 Å². The molecule has 116 valence electrons. The largest absolute Gasteiger partial charge is 0.356 e. The van der Waals surface area contributed by atoms with Gasteiger partial charge in [-0.05, 0) is 44.5 Å². The first-order valence-electron chi connectivity index (χ1n) is 7.61. The molecule has 2 rings (SSSR count). The maximum absolute atomic E-state index is 14.4. The van der Waals surface area contributed by atoms with Gasteiger partial charge in [-0.15, -0.1) is 0 Å². The molecule has 4 nitrogen and oxygen atoms in total. The SMILES string of the molecule is CCCNC(C)c1ccc(N2CCNC(=O)C2C)c(F)c1. The zero-order chi connectivity index (χ0) is 15.4. The van der Waals surface area contributed by atoms with E-state index in [1.54, 1.807) is 19.1 Å². The minimum absolute atomic E-state index is 0.0530. The lowest BCUT2D eigenvalue weighted by molar-refractivity contribution is -0.122. The number of piperazine rings is 1. The molecule has 1 heterocycles. The van der Waals surface area contributed by atoms with Gasteiger partial charge in [-0.2, -0.15) is 0 Å². The predicted molar refractivity (Wildman–Crippen MR) is 82.9 cm³/mol. The molecule has 2 atom stereocenters. The Balaban J connectivity index is 2.17. The number of amides is 1. The maximum atomic E-state index is 14.4. The van der Waals surface area contributed by atoms with Gasteiger partial charge in [0.15, 0.2) is 0 Å². The van der Waals surface area contributed by atoms with Crippen molar-refractivity contribution in [2.24, 2.45) is 0 Å². The summed E-state index contributed by atoms with van der Waals surface area (Å²) in [6.45, 7) is 8.03. The number of carbonyl (C=O) groups is 1. The molecule has 5 heteroatoms. The van der Waals surface area contributed by atoms with Gasteiger partial charge in [0.2, 0.25) is 5.91 Å². The highest BCUT2D eigenvalue weighted by molar-refractivity contribution is 5.86. The van der Waals surface area contributed by atoms with Crippen LogP contribution in [-0.2, 0) is 4.79 Å². The fourth-order valence-electron chi connectivity index (χ4n) is 2.62. The van der Waals surface area contributed by atoms with E-state index in [2.05, 4.69) is 17.6 Å². The molecule has 21 heavy (non-hydrogen) atoms. The summed E-state index contributed by atoms with van der Waals surface area (Å²) in [6, 6.07) is 5.07. The summed E-state index contributed by atoms with van der Waals surface area (Å²) in [5, 5.41) is 6.14. The Morgan fingerprint density at radius 2 is 2.29 bits per heavy atom. The summed E-state index contributed by atoms with van der Waals surface area (Å²) in [4.78, 5) is 13.5. The van der Waals surface area contributed by atoms with Crippen LogP contribution in [0.5, 0.6) is 0 Å². The van der Waals surface area contributed by atoms with Crippen LogP contribution in [0.4, 0.5) is 10.1 Å². The Labute approximate surface area is 125 Å². The third-order valence-electron chi connectivity index (χ3n) is 3.98. The van der Waals surface area contributed by atoms with Crippen LogP contribution in [0.3, 0.4) is 0 Å². The molecule has 1 fully saturated rings. The van der Waals surface area contributed by atoms with Crippen LogP contribution < -0.4 is 15.5 Å². The van der Waals surface area contributed by atoms with Crippen LogP contribution >= 0.6 is 0 Å². The van der Waals surface area contributed by atoms with Crippen LogP contribution in [0.2, 0.25) is 0 Å². The van der Waals surface area contributed by atoms with Gasteiger partial charge in [-0.25, -0.2) is 4.39 Å². The van der Waals surface area contributed by atoms with Crippen molar-refractivity contribution in [2.75, 3.05) is 24.5 Å². The van der Waals surface area contributed by atoms with E-state index in [9.17, 15) is 9.18 Å². The average Bonchev–Trinajstić information content (AvgIpc) is 2.48. The highest BCUT2D eigenvalue weighted by atomic mass is 19.1. The minimum atomic E-state index is -0.338. The Hall–Kier alpha value is -1.62. The molecule has 1 saturated heterocycles. The molecule has 0 aliphatic carbocycles. The zero-order valence-corrected chi connectivity index (χ0v) is 12.9. The van der Waals surface area contributed by atoms with Crippen molar-refractivity contribution in [3.05, 3.63) is 29.6 Å². The number of hydrogen-bond donors (Lipinski definition) is 2. The minimum Gasteiger partial charge on any atom is -0.356 e. The fraction of sp³-hybridized carbons (Fsp3) is 0.562. The number of rotatable bonds is 5. The van der Waals surface area contributed by atoms with Gasteiger partial charge in [0.05, 0.1) is 5.69 Å². The van der Waals surface area contributed by atoms with Crippen LogP contribution in [0.15, 0.2) is 18.2 Å². The van der Waals surface area contributed by atoms with Crippen molar-refractivity contribution in [3.63, 3.8) is 0 Å². The van der Waals surface area contributed by atoms with Crippen LogP contribution in [-0.4, -0.2) is 31.6 Å². The highest BCUT2D eigenvalue weighted by Crippen LogP contribution is 2.25. The molecule has 0 aromatic heterocycles. The van der Waals surface area contributed by atoms with Crippen LogP contribution in [0.1, 0.15) is 38.8 Å². The number of anilines is 1. The van der Waals surface area contributed by atoms with E-state index in [-0.39, 0.29) is 23.8 Å². The van der Waals surface area contributed by atoms with E-state index in [1.165, 1.54) is 0 Å². The molecule has 1 amide bonds. The van der Waals surface area contributed by atoms with E-state index in [4.69, 9.17) is 0 Å². The van der Waals surface area contributed by atoms with Crippen molar-refractivity contribution in [3.8, 4) is 0 Å². The van der Waals surface area contributed by atoms with Crippen LogP contribution in [0.25, 0.3) is 0 Å². The van der Waals surface area contributed by atoms with Gasteiger partial charge in [-0.3, -0.25) is 4.79 Å². The summed E-state index contributed by atoms with van der Waals surface area (Å²) in [7, 11) is 0. The summed E-state index contributed by atoms with van der Waals surface area (Å²) in [5.41, 5.74) is 1.43. The first-order chi connectivity index (χ1) is 10.0. The van der Waals surface area contributed by atoms with E-state index < -0.39 is 0 Å². The molecule has 1 aliphatic rings. The van der Waals surface area contributed by atoms with Gasteiger partial charge in [0, 0.05) is 19.1 Å². The normalized spacial score (nSPS) is 20.3. The van der Waals surface area contributed by atoms with Gasteiger partial charge in [-0.1, -0.05) is 13.0 Å². The molecule has 0 radical (unpaired) electrons. The molecule has 1 aromatic carbocycles. The zero-order valence-electron chi connectivity index (χ0n) is 12.9. The Morgan fingerprint density at radius 3 is 2.95 bits per heavy atom. The third kappa shape index (κ3) is 3.53. The number of benzene rings is 1. The number of nitrogens with one attached hydrogen (secondary N) is 2. The molecule has 1 aromatic rings. The van der Waals surface area contributed by atoms with Gasteiger partial charge in [0.25, 0.3) is 0 Å². The van der Waals surface area contributed by atoms with Crippen molar-refractivity contribution in [1.82, 2.24) is 10.6 Å². The van der Waals surface area contributed by atoms with Crippen molar-refractivity contribution in [2.45, 2.75) is 39.3 Å². The van der Waals surface area contributed by atoms with E-state index in [1.807, 2.05) is 17.9 Å². The second-order valence-electron chi connectivity index (χ2n) is 5.55. The van der Waals surface area contributed by atoms with Crippen molar-refractivity contribution >= 4 is 11.6 Å². The standard InChI is InChI=1S/C16H24FN3O/c1-4-7-18-11(2)13-5-6-15(14(17)10-13)20-9-8-19-16(21)12(20)3/h5-6,10-12,18H,4,7-9H2,1-3H3,(H,19,21). The quantitative estimate of drug-likeness (QED) is 0.875. The number of nitrogens with zero attached hydrogens (tertiary/aromatic N) is 1. The Kier molecular flexibility index (Phi) is 5.17. The molecule has 1 aliphatic heterocycles. The molecule has 0 spiro atoms. The molecular formula is C16H24FN3O. The maximum Gasteiger partial charge on any atom is 0.242 e. The number of halogens is 1. The summed E-state index contributed by atoms with van der Waals surface area (Å²) < 4.78 is 14.4. The molecule has 0 bridgehead atoms. The summed E-state index contributed by atoms with van der Waals surface area (Å²) in [6.07, 6.45) is 1.05. The van der Waals surface area contributed by atoms with E-state index >= 15 is 0 Å². The van der Waals surface area contributed by atoms with Gasteiger partial charge >= 0.3 is 0 Å². The topological polar surface area (TPSA) is 44.4 Å². The first kappa shape index (κ1) is 15.8. The lowest BCUT2D eigenvalue weighted by Crippen LogP contribution is -2.54. The Morgan fingerprint density at radius 1 is 1.52 bits per heavy atom. The number of hydrogen-bond acceptors (Lipinski definition) is 3. The lowest BCUT2D eigenvalue weighted by Gasteiger charge is -2.35. The smallest absolute Gasteiger partial charge is 0.242 e. The highest BCUT2D eigenvalue weighted by Gasteiger charge is 2.27. The Bertz CT molecular complexity index is 506. The summed E-state index contributed by atoms with van der Waals surface area (Å²) >= 11 is 0. The molecule has 2 unspecified atom stereocenters. The second-order valence-corrected chi connectivity index (χ2v) is 5.55. The van der Waals surface area contributed by atoms with Crippen molar-refractivity contribution in [1.29, 1.82) is 0 Å². The third-order valence-corrected chi connectivity index (χ3v) is 3.98. The van der Waals surface area contributed by atoms with E-state index in [0.717, 1.165) is 18.5 Å².